The van der Waals surface area contributed by atoms with Crippen LogP contribution in [0.3, 0.4) is 0 Å². The van der Waals surface area contributed by atoms with Gasteiger partial charge in [-0.2, -0.15) is 0 Å². The molecule has 1 aliphatic carbocycles. The molecule has 0 atom stereocenters. The third-order valence-corrected chi connectivity index (χ3v) is 4.11. The highest BCUT2D eigenvalue weighted by molar-refractivity contribution is 5.79. The summed E-state index contributed by atoms with van der Waals surface area (Å²) in [5.74, 6) is 5.37. The van der Waals surface area contributed by atoms with Crippen LogP contribution in [0.4, 0.5) is 0 Å². The quantitative estimate of drug-likeness (QED) is 0.255. The molecule has 0 aliphatic heterocycles. The molecule has 1 fully saturated rings. The van der Waals surface area contributed by atoms with Gasteiger partial charge in [-0.1, -0.05) is 12.0 Å². The van der Waals surface area contributed by atoms with Gasteiger partial charge in [0.05, 0.1) is 13.7 Å². The minimum absolute atomic E-state index is 0.204. The molecule has 2 N–H and O–H groups in total. The lowest BCUT2D eigenvalue weighted by Gasteiger charge is -2.12. The molecule has 0 spiro atoms. The van der Waals surface area contributed by atoms with E-state index in [1.165, 1.54) is 12.8 Å². The molecule has 2 rings (SSSR count). The van der Waals surface area contributed by atoms with Gasteiger partial charge in [0.2, 0.25) is 0 Å². The number of nitrogens with one attached hydrogen (secondary N) is 2. The number of nitrogens with zero attached hydrogens (tertiary/aromatic N) is 1. The van der Waals surface area contributed by atoms with Crippen LogP contribution in [-0.2, 0) is 11.3 Å². The molecule has 0 saturated heterocycles. The van der Waals surface area contributed by atoms with E-state index < -0.39 is 0 Å². The van der Waals surface area contributed by atoms with E-state index in [0.29, 0.717) is 18.0 Å². The summed E-state index contributed by atoms with van der Waals surface area (Å²) in [6, 6.07) is 5.75. The highest BCUT2D eigenvalue weighted by Crippen LogP contribution is 2.29. The minimum Gasteiger partial charge on any atom is -0.493 e. The Bertz CT molecular complexity index is 636. The lowest BCUT2D eigenvalue weighted by Crippen LogP contribution is -2.38. The average Bonchev–Trinajstić information content (AvgIpc) is 3.51. The first-order valence-corrected chi connectivity index (χ1v) is 9.60. The molecule has 0 radical (unpaired) electrons. The number of guanidine groups is 1. The molecular weight excluding hydrogens is 342 g/mol. The van der Waals surface area contributed by atoms with Crippen LogP contribution >= 0.6 is 0 Å². The summed E-state index contributed by atoms with van der Waals surface area (Å²) in [7, 11) is 1.61. The lowest BCUT2D eigenvalue weighted by atomic mass is 10.2. The molecule has 0 unspecified atom stereocenters. The van der Waals surface area contributed by atoms with Gasteiger partial charge in [0.25, 0.3) is 0 Å². The van der Waals surface area contributed by atoms with E-state index in [4.69, 9.17) is 20.6 Å². The number of hydrogen-bond donors (Lipinski definition) is 2. The van der Waals surface area contributed by atoms with E-state index in [1.54, 1.807) is 7.11 Å². The summed E-state index contributed by atoms with van der Waals surface area (Å²) in [5, 5.41) is 6.60. The molecule has 1 saturated carbocycles. The normalized spacial score (nSPS) is 13.7. The molecule has 0 bridgehead atoms. The first-order chi connectivity index (χ1) is 13.3. The molecule has 27 heavy (non-hydrogen) atoms. The fraction of sp³-hybridized carbons (Fsp3) is 0.571. The molecule has 6 heteroatoms. The number of terminal acetylenes is 1. The zero-order chi connectivity index (χ0) is 19.3. The van der Waals surface area contributed by atoms with Crippen molar-refractivity contribution < 1.29 is 14.2 Å². The second-order valence-corrected chi connectivity index (χ2v) is 6.47. The van der Waals surface area contributed by atoms with Crippen molar-refractivity contribution in [2.24, 2.45) is 10.9 Å². The molecule has 1 aromatic rings. The molecule has 148 valence electrons. The first kappa shape index (κ1) is 20.9. The number of aliphatic imine (C=N–C) groups is 1. The second kappa shape index (κ2) is 12.1. The third kappa shape index (κ3) is 8.23. The van der Waals surface area contributed by atoms with Gasteiger partial charge in [-0.3, -0.25) is 0 Å². The molecular formula is C21H31N3O3. The zero-order valence-corrected chi connectivity index (χ0v) is 16.4. The van der Waals surface area contributed by atoms with Gasteiger partial charge in [-0.15, -0.1) is 6.42 Å². The molecule has 1 aliphatic rings. The van der Waals surface area contributed by atoms with Crippen LogP contribution in [0.25, 0.3) is 0 Å². The SMILES string of the molecule is C#CCOc1cc(CN=C(NCC)NCCCOCC2CC2)ccc1OC. The van der Waals surface area contributed by atoms with Crippen molar-refractivity contribution in [3.05, 3.63) is 23.8 Å². The predicted octanol–water partition coefficient (Wildman–Crippen LogP) is 2.58. The van der Waals surface area contributed by atoms with Crippen LogP contribution in [0.5, 0.6) is 11.5 Å². The van der Waals surface area contributed by atoms with Crippen molar-refractivity contribution in [3.8, 4) is 23.8 Å². The number of rotatable bonds is 12. The summed E-state index contributed by atoms with van der Waals surface area (Å²) in [6.07, 6.45) is 8.89. The van der Waals surface area contributed by atoms with E-state index in [-0.39, 0.29) is 6.61 Å². The zero-order valence-electron chi connectivity index (χ0n) is 16.4. The minimum atomic E-state index is 0.204. The number of ether oxygens (including phenoxy) is 3. The average molecular weight is 373 g/mol. The largest absolute Gasteiger partial charge is 0.493 e. The van der Waals surface area contributed by atoms with Crippen molar-refractivity contribution in [3.63, 3.8) is 0 Å². The van der Waals surface area contributed by atoms with Crippen molar-refractivity contribution in [2.45, 2.75) is 32.7 Å². The third-order valence-electron chi connectivity index (χ3n) is 4.11. The number of methoxy groups -OCH3 is 1. The van der Waals surface area contributed by atoms with Crippen molar-refractivity contribution in [1.29, 1.82) is 0 Å². The van der Waals surface area contributed by atoms with Crippen molar-refractivity contribution in [1.82, 2.24) is 10.6 Å². The van der Waals surface area contributed by atoms with Gasteiger partial charge in [0, 0.05) is 26.3 Å². The fourth-order valence-electron chi connectivity index (χ4n) is 2.48. The van der Waals surface area contributed by atoms with E-state index in [9.17, 15) is 0 Å². The summed E-state index contributed by atoms with van der Waals surface area (Å²) in [6.45, 7) is 6.13. The highest BCUT2D eigenvalue weighted by Gasteiger charge is 2.20. The van der Waals surface area contributed by atoms with Gasteiger partial charge in [0.1, 0.15) is 6.61 Å². The van der Waals surface area contributed by atoms with Crippen LogP contribution in [0.1, 0.15) is 31.7 Å². The Hall–Kier alpha value is -2.39. The summed E-state index contributed by atoms with van der Waals surface area (Å²) in [4.78, 5) is 4.63. The van der Waals surface area contributed by atoms with Gasteiger partial charge in [-0.05, 0) is 49.8 Å². The highest BCUT2D eigenvalue weighted by atomic mass is 16.5. The molecule has 6 nitrogen and oxygen atoms in total. The Morgan fingerprint density at radius 3 is 2.85 bits per heavy atom. The van der Waals surface area contributed by atoms with Gasteiger partial charge in [-0.25, -0.2) is 4.99 Å². The topological polar surface area (TPSA) is 64.1 Å². The Labute approximate surface area is 162 Å². The number of benzene rings is 1. The van der Waals surface area contributed by atoms with Crippen LogP contribution in [0.15, 0.2) is 23.2 Å². The van der Waals surface area contributed by atoms with Gasteiger partial charge in [0.15, 0.2) is 17.5 Å². The van der Waals surface area contributed by atoms with Crippen LogP contribution in [-0.4, -0.2) is 46.0 Å². The van der Waals surface area contributed by atoms with E-state index in [1.807, 2.05) is 18.2 Å². The monoisotopic (exact) mass is 373 g/mol. The van der Waals surface area contributed by atoms with Gasteiger partial charge < -0.3 is 24.8 Å². The van der Waals surface area contributed by atoms with Gasteiger partial charge >= 0.3 is 0 Å². The Morgan fingerprint density at radius 2 is 2.15 bits per heavy atom. The number of hydrogen-bond acceptors (Lipinski definition) is 4. The second-order valence-electron chi connectivity index (χ2n) is 6.47. The van der Waals surface area contributed by atoms with E-state index in [2.05, 4.69) is 28.5 Å². The van der Waals surface area contributed by atoms with Crippen molar-refractivity contribution in [2.75, 3.05) is 40.0 Å². The fourth-order valence-corrected chi connectivity index (χ4v) is 2.48. The summed E-state index contributed by atoms with van der Waals surface area (Å²) < 4.78 is 16.5. The van der Waals surface area contributed by atoms with Crippen LogP contribution in [0.2, 0.25) is 0 Å². The Balaban J connectivity index is 1.82. The van der Waals surface area contributed by atoms with E-state index in [0.717, 1.165) is 50.2 Å². The van der Waals surface area contributed by atoms with Crippen molar-refractivity contribution >= 4 is 5.96 Å². The van der Waals surface area contributed by atoms with Crippen LogP contribution < -0.4 is 20.1 Å². The molecule has 0 aromatic heterocycles. The first-order valence-electron chi connectivity index (χ1n) is 9.60. The van der Waals surface area contributed by atoms with Crippen LogP contribution in [0, 0.1) is 18.3 Å². The molecule has 1 aromatic carbocycles. The maximum Gasteiger partial charge on any atom is 0.191 e. The smallest absolute Gasteiger partial charge is 0.191 e. The Morgan fingerprint density at radius 1 is 1.30 bits per heavy atom. The summed E-state index contributed by atoms with van der Waals surface area (Å²) >= 11 is 0. The Kier molecular flexibility index (Phi) is 9.36. The maximum atomic E-state index is 5.66. The molecule has 0 amide bonds. The molecule has 0 heterocycles. The standard InChI is InChI=1S/C21H31N3O3/c1-4-12-27-20-14-18(9-10-19(20)25-3)15-24-21(22-5-2)23-11-6-13-26-16-17-7-8-17/h1,9-10,14,17H,5-8,11-13,15-16H2,2-3H3,(H2,22,23,24). The maximum absolute atomic E-state index is 5.66. The predicted molar refractivity (Wildman–Crippen MR) is 108 cm³/mol. The lowest BCUT2D eigenvalue weighted by molar-refractivity contribution is 0.123. The van der Waals surface area contributed by atoms with E-state index >= 15 is 0 Å². The summed E-state index contributed by atoms with van der Waals surface area (Å²) in [5.41, 5.74) is 1.02.